The molecule has 0 saturated carbocycles. The number of hydrogen-bond donors (Lipinski definition) is 0. The topological polar surface area (TPSA) is 35.5 Å². The maximum Gasteiger partial charge on any atom is 0.308 e. The van der Waals surface area contributed by atoms with E-state index in [1.165, 1.54) is 6.92 Å². The van der Waals surface area contributed by atoms with Crippen molar-refractivity contribution < 1.29 is 14.0 Å². The Kier molecular flexibility index (Phi) is 6.57. The van der Waals surface area contributed by atoms with Crippen LogP contribution in [0.4, 0.5) is 0 Å². The van der Waals surface area contributed by atoms with Crippen molar-refractivity contribution in [3.05, 3.63) is 35.4 Å². The molecule has 0 fully saturated rings. The summed E-state index contributed by atoms with van der Waals surface area (Å²) in [7, 11) is -1.85. The summed E-state index contributed by atoms with van der Waals surface area (Å²) in [6.45, 7) is 24.9. The van der Waals surface area contributed by atoms with Crippen molar-refractivity contribution in [1.82, 2.24) is 0 Å². The fourth-order valence-corrected chi connectivity index (χ4v) is 3.86. The molecule has 0 heterocycles. The standard InChI is InChI=1S/C22H36O3Si/c1-12-13-16-18(24-15(2)23)14-17(21(3,4)5)20(25-26(9,10)11)19(16)22(6,7)8/h12,14H,1,13H2,2-11H3. The lowest BCUT2D eigenvalue weighted by Crippen LogP contribution is -2.33. The van der Waals surface area contributed by atoms with Crippen LogP contribution >= 0.6 is 0 Å². The predicted octanol–water partition coefficient (Wildman–Crippen LogP) is 6.15. The molecule has 0 radical (unpaired) electrons. The second-order valence-corrected chi connectivity index (χ2v) is 14.3. The lowest BCUT2D eigenvalue weighted by Gasteiger charge is -2.35. The number of esters is 1. The van der Waals surface area contributed by atoms with E-state index in [-0.39, 0.29) is 16.8 Å². The Morgan fingerprint density at radius 1 is 1.12 bits per heavy atom. The van der Waals surface area contributed by atoms with Crippen LogP contribution in [0, 0.1) is 0 Å². The summed E-state index contributed by atoms with van der Waals surface area (Å²) in [5.74, 6) is 1.26. The third-order valence-corrected chi connectivity index (χ3v) is 4.73. The van der Waals surface area contributed by atoms with Gasteiger partial charge in [-0.05, 0) is 43.0 Å². The highest BCUT2D eigenvalue weighted by atomic mass is 28.4. The van der Waals surface area contributed by atoms with E-state index in [2.05, 4.69) is 67.8 Å². The van der Waals surface area contributed by atoms with Gasteiger partial charge in [0.05, 0.1) is 0 Å². The number of benzene rings is 1. The van der Waals surface area contributed by atoms with Crippen LogP contribution in [0.25, 0.3) is 0 Å². The van der Waals surface area contributed by atoms with Crippen LogP contribution in [-0.2, 0) is 22.0 Å². The van der Waals surface area contributed by atoms with Crippen molar-refractivity contribution in [2.45, 2.75) is 85.4 Å². The highest BCUT2D eigenvalue weighted by molar-refractivity contribution is 6.70. The second-order valence-electron chi connectivity index (χ2n) is 9.91. The van der Waals surface area contributed by atoms with E-state index in [0.29, 0.717) is 12.2 Å². The molecule has 26 heavy (non-hydrogen) atoms. The van der Waals surface area contributed by atoms with Gasteiger partial charge < -0.3 is 9.16 Å². The van der Waals surface area contributed by atoms with E-state index in [1.54, 1.807) is 0 Å². The second kappa shape index (κ2) is 7.59. The molecule has 0 atom stereocenters. The van der Waals surface area contributed by atoms with E-state index in [9.17, 15) is 4.79 Å². The third kappa shape index (κ3) is 5.73. The quantitative estimate of drug-likeness (QED) is 0.268. The highest BCUT2D eigenvalue weighted by Crippen LogP contribution is 2.46. The number of carbonyl (C=O) groups is 1. The van der Waals surface area contributed by atoms with Crippen LogP contribution < -0.4 is 9.16 Å². The van der Waals surface area contributed by atoms with Gasteiger partial charge in [-0.15, -0.1) is 6.58 Å². The van der Waals surface area contributed by atoms with Crippen LogP contribution in [0.2, 0.25) is 19.6 Å². The minimum Gasteiger partial charge on any atom is -0.544 e. The Morgan fingerprint density at radius 3 is 2.00 bits per heavy atom. The first-order chi connectivity index (χ1) is 11.6. The van der Waals surface area contributed by atoms with E-state index in [1.807, 2.05) is 12.1 Å². The molecule has 0 aromatic heterocycles. The maximum absolute atomic E-state index is 11.7. The van der Waals surface area contributed by atoms with Gasteiger partial charge in [0.1, 0.15) is 11.5 Å². The summed E-state index contributed by atoms with van der Waals surface area (Å²) < 4.78 is 12.3. The largest absolute Gasteiger partial charge is 0.544 e. The molecule has 0 aliphatic heterocycles. The van der Waals surface area contributed by atoms with Crippen molar-refractivity contribution in [3.63, 3.8) is 0 Å². The van der Waals surface area contributed by atoms with Crippen molar-refractivity contribution >= 4 is 14.3 Å². The summed E-state index contributed by atoms with van der Waals surface area (Å²) >= 11 is 0. The summed E-state index contributed by atoms with van der Waals surface area (Å²) in [5.41, 5.74) is 2.88. The van der Waals surface area contributed by atoms with Crippen LogP contribution in [0.1, 0.15) is 65.2 Å². The monoisotopic (exact) mass is 376 g/mol. The summed E-state index contributed by atoms with van der Waals surface area (Å²) in [6, 6.07) is 1.99. The number of carbonyl (C=O) groups excluding carboxylic acids is 1. The van der Waals surface area contributed by atoms with Gasteiger partial charge in [0.15, 0.2) is 0 Å². The molecular formula is C22H36O3Si. The zero-order valence-corrected chi connectivity index (χ0v) is 19.3. The van der Waals surface area contributed by atoms with Crippen LogP contribution in [-0.4, -0.2) is 14.3 Å². The summed E-state index contributed by atoms with van der Waals surface area (Å²) in [4.78, 5) is 11.7. The maximum atomic E-state index is 11.7. The number of rotatable bonds is 5. The van der Waals surface area contributed by atoms with Gasteiger partial charge in [-0.2, -0.15) is 0 Å². The van der Waals surface area contributed by atoms with Crippen molar-refractivity contribution in [2.24, 2.45) is 0 Å². The summed E-state index contributed by atoms with van der Waals surface area (Å²) in [6.07, 6.45) is 2.48. The van der Waals surface area contributed by atoms with Gasteiger partial charge in [-0.3, -0.25) is 4.79 Å². The van der Waals surface area contributed by atoms with E-state index >= 15 is 0 Å². The molecule has 1 rings (SSSR count). The fraction of sp³-hybridized carbons (Fsp3) is 0.591. The first kappa shape index (κ1) is 22.5. The molecule has 0 amide bonds. The molecule has 146 valence electrons. The average molecular weight is 377 g/mol. The molecule has 0 saturated heterocycles. The Morgan fingerprint density at radius 2 is 1.65 bits per heavy atom. The van der Waals surface area contributed by atoms with Gasteiger partial charge in [0.25, 0.3) is 0 Å². The molecule has 0 bridgehead atoms. The Hall–Kier alpha value is -1.55. The van der Waals surface area contributed by atoms with E-state index < -0.39 is 8.32 Å². The first-order valence-electron chi connectivity index (χ1n) is 9.27. The SMILES string of the molecule is C=CCc1c(OC(C)=O)cc(C(C)(C)C)c(O[Si](C)(C)C)c1C(C)(C)C. The van der Waals surface area contributed by atoms with Crippen LogP contribution in [0.3, 0.4) is 0 Å². The predicted molar refractivity (Wildman–Crippen MR) is 113 cm³/mol. The van der Waals surface area contributed by atoms with Gasteiger partial charge in [0, 0.05) is 23.6 Å². The fourth-order valence-electron chi connectivity index (χ4n) is 3.03. The van der Waals surface area contributed by atoms with Gasteiger partial charge in [-0.25, -0.2) is 0 Å². The molecule has 0 aliphatic rings. The van der Waals surface area contributed by atoms with Crippen LogP contribution in [0.15, 0.2) is 18.7 Å². The third-order valence-electron chi connectivity index (χ3n) is 3.91. The number of ether oxygens (including phenoxy) is 1. The minimum atomic E-state index is -1.85. The van der Waals surface area contributed by atoms with Gasteiger partial charge in [-0.1, -0.05) is 47.6 Å². The summed E-state index contributed by atoms with van der Waals surface area (Å²) in [5, 5.41) is 0. The van der Waals surface area contributed by atoms with Crippen molar-refractivity contribution in [1.29, 1.82) is 0 Å². The molecule has 0 unspecified atom stereocenters. The molecule has 4 heteroatoms. The highest BCUT2D eigenvalue weighted by Gasteiger charge is 2.34. The lowest BCUT2D eigenvalue weighted by molar-refractivity contribution is -0.131. The zero-order valence-electron chi connectivity index (χ0n) is 18.3. The molecule has 0 N–H and O–H groups in total. The molecule has 0 aliphatic carbocycles. The van der Waals surface area contributed by atoms with Crippen molar-refractivity contribution in [3.8, 4) is 11.5 Å². The lowest BCUT2D eigenvalue weighted by atomic mass is 9.76. The zero-order chi connectivity index (χ0) is 20.5. The molecular weight excluding hydrogens is 340 g/mol. The van der Waals surface area contributed by atoms with E-state index in [4.69, 9.17) is 9.16 Å². The average Bonchev–Trinajstić information content (AvgIpc) is 2.36. The molecule has 1 aromatic carbocycles. The molecule has 3 nitrogen and oxygen atoms in total. The Bertz CT molecular complexity index is 683. The normalized spacial score (nSPS) is 12.7. The minimum absolute atomic E-state index is 0.142. The number of hydrogen-bond acceptors (Lipinski definition) is 3. The Labute approximate surface area is 160 Å². The molecule has 0 spiro atoms. The number of allylic oxidation sites excluding steroid dienone is 1. The van der Waals surface area contributed by atoms with Gasteiger partial charge >= 0.3 is 5.97 Å². The van der Waals surface area contributed by atoms with Crippen molar-refractivity contribution in [2.75, 3.05) is 0 Å². The van der Waals surface area contributed by atoms with E-state index in [0.717, 1.165) is 22.4 Å². The smallest absolute Gasteiger partial charge is 0.308 e. The Balaban J connectivity index is 4.02. The first-order valence-corrected chi connectivity index (χ1v) is 12.7. The van der Waals surface area contributed by atoms with Crippen LogP contribution in [0.5, 0.6) is 11.5 Å². The van der Waals surface area contributed by atoms with Gasteiger partial charge in [0.2, 0.25) is 8.32 Å². The molecule has 1 aromatic rings.